The summed E-state index contributed by atoms with van der Waals surface area (Å²) in [4.78, 5) is 13.4. The largest absolute Gasteiger partial charge is 0.349 e. The molecule has 0 aromatic heterocycles. The smallest absolute Gasteiger partial charge is 0.243 e. The molecule has 2 aromatic rings. The molecule has 0 saturated carbocycles. The second kappa shape index (κ2) is 9.50. The molecule has 1 heterocycles. The van der Waals surface area contributed by atoms with Gasteiger partial charge in [-0.15, -0.1) is 0 Å². The van der Waals surface area contributed by atoms with Gasteiger partial charge in [-0.3, -0.25) is 4.79 Å². The SMILES string of the molecule is CCC(NC(=O)C1CCCN(S(=O)(=O)c2ccccc2)C1)c1ccc(S(C)(=O)=O)cc1. The maximum atomic E-state index is 12.9. The Kier molecular flexibility index (Phi) is 7.18. The number of rotatable bonds is 7. The van der Waals surface area contributed by atoms with E-state index in [0.717, 1.165) is 11.8 Å². The molecule has 2 unspecified atom stereocenters. The topological polar surface area (TPSA) is 101 Å². The molecule has 0 radical (unpaired) electrons. The molecular formula is C22H28N2O5S2. The van der Waals surface area contributed by atoms with E-state index in [2.05, 4.69) is 5.32 Å². The van der Waals surface area contributed by atoms with Crippen LogP contribution in [0.4, 0.5) is 0 Å². The molecule has 1 amide bonds. The van der Waals surface area contributed by atoms with Crippen molar-refractivity contribution >= 4 is 25.8 Å². The quantitative estimate of drug-likeness (QED) is 0.679. The van der Waals surface area contributed by atoms with Gasteiger partial charge in [0.1, 0.15) is 0 Å². The average molecular weight is 465 g/mol. The molecule has 7 nitrogen and oxygen atoms in total. The van der Waals surface area contributed by atoms with E-state index in [-0.39, 0.29) is 28.3 Å². The van der Waals surface area contributed by atoms with E-state index in [1.165, 1.54) is 16.4 Å². The van der Waals surface area contributed by atoms with Crippen molar-refractivity contribution in [3.63, 3.8) is 0 Å². The first-order chi connectivity index (χ1) is 14.6. The molecule has 0 spiro atoms. The normalized spacial score (nSPS) is 19.0. The molecule has 1 fully saturated rings. The summed E-state index contributed by atoms with van der Waals surface area (Å²) in [5.41, 5.74) is 0.813. The van der Waals surface area contributed by atoms with Crippen LogP contribution in [0.5, 0.6) is 0 Å². The molecule has 1 aliphatic heterocycles. The van der Waals surface area contributed by atoms with E-state index in [0.29, 0.717) is 25.8 Å². The third-order valence-electron chi connectivity index (χ3n) is 5.57. The van der Waals surface area contributed by atoms with E-state index < -0.39 is 25.8 Å². The molecule has 168 valence electrons. The van der Waals surface area contributed by atoms with Gasteiger partial charge in [-0.2, -0.15) is 4.31 Å². The fourth-order valence-corrected chi connectivity index (χ4v) is 5.95. The molecule has 1 aliphatic rings. The van der Waals surface area contributed by atoms with Crippen molar-refractivity contribution in [1.82, 2.24) is 9.62 Å². The van der Waals surface area contributed by atoms with Gasteiger partial charge in [0.2, 0.25) is 15.9 Å². The Morgan fingerprint density at radius 2 is 1.68 bits per heavy atom. The van der Waals surface area contributed by atoms with Crippen molar-refractivity contribution in [3.8, 4) is 0 Å². The molecule has 0 bridgehead atoms. The number of sulfonamides is 1. The fourth-order valence-electron chi connectivity index (χ4n) is 3.77. The lowest BCUT2D eigenvalue weighted by molar-refractivity contribution is -0.126. The van der Waals surface area contributed by atoms with Crippen LogP contribution in [0.25, 0.3) is 0 Å². The second-order valence-corrected chi connectivity index (χ2v) is 11.8. The molecule has 31 heavy (non-hydrogen) atoms. The highest BCUT2D eigenvalue weighted by molar-refractivity contribution is 7.90. The number of nitrogens with one attached hydrogen (secondary N) is 1. The Bertz CT molecular complexity index is 1110. The molecule has 3 rings (SSSR count). The Morgan fingerprint density at radius 1 is 1.03 bits per heavy atom. The van der Waals surface area contributed by atoms with Crippen molar-refractivity contribution < 1.29 is 21.6 Å². The van der Waals surface area contributed by atoms with Crippen LogP contribution in [0.1, 0.15) is 37.8 Å². The second-order valence-electron chi connectivity index (χ2n) is 7.83. The van der Waals surface area contributed by atoms with E-state index in [9.17, 15) is 21.6 Å². The van der Waals surface area contributed by atoms with Crippen LogP contribution in [-0.4, -0.2) is 46.4 Å². The standard InChI is InChI=1S/C22H28N2O5S2/c1-3-21(17-11-13-19(14-12-17)30(2,26)27)23-22(25)18-8-7-15-24(16-18)31(28,29)20-9-5-4-6-10-20/h4-6,9-14,18,21H,3,7-8,15-16H2,1-2H3,(H,23,25). The van der Waals surface area contributed by atoms with Crippen LogP contribution in [0, 0.1) is 5.92 Å². The number of amides is 1. The maximum absolute atomic E-state index is 12.9. The van der Waals surface area contributed by atoms with E-state index in [4.69, 9.17) is 0 Å². The zero-order chi connectivity index (χ0) is 22.6. The summed E-state index contributed by atoms with van der Waals surface area (Å²) in [5.74, 6) is -0.622. The zero-order valence-electron chi connectivity index (χ0n) is 17.7. The lowest BCUT2D eigenvalue weighted by atomic mass is 9.97. The molecule has 0 aliphatic carbocycles. The third kappa shape index (κ3) is 5.53. The zero-order valence-corrected chi connectivity index (χ0v) is 19.3. The average Bonchev–Trinajstić information content (AvgIpc) is 2.77. The van der Waals surface area contributed by atoms with Gasteiger partial charge in [-0.25, -0.2) is 16.8 Å². The Morgan fingerprint density at radius 3 is 2.26 bits per heavy atom. The number of sulfone groups is 1. The summed E-state index contributed by atoms with van der Waals surface area (Å²) in [6.45, 7) is 2.47. The van der Waals surface area contributed by atoms with Crippen molar-refractivity contribution in [2.75, 3.05) is 19.3 Å². The molecule has 1 N–H and O–H groups in total. The van der Waals surface area contributed by atoms with Gasteiger partial charge in [-0.1, -0.05) is 37.3 Å². The van der Waals surface area contributed by atoms with Gasteiger partial charge in [0.15, 0.2) is 9.84 Å². The molecule has 2 atom stereocenters. The minimum atomic E-state index is -3.64. The predicted octanol–water partition coefficient (Wildman–Crippen LogP) is 2.76. The van der Waals surface area contributed by atoms with Gasteiger partial charge in [0, 0.05) is 19.3 Å². The van der Waals surface area contributed by atoms with Crippen molar-refractivity contribution in [2.24, 2.45) is 5.92 Å². The van der Waals surface area contributed by atoms with Crippen LogP contribution in [-0.2, 0) is 24.7 Å². The number of hydrogen-bond acceptors (Lipinski definition) is 5. The summed E-state index contributed by atoms with van der Waals surface area (Å²) < 4.78 is 50.5. The Hall–Kier alpha value is -2.23. The van der Waals surface area contributed by atoms with Gasteiger partial charge in [0.25, 0.3) is 0 Å². The molecule has 2 aromatic carbocycles. The highest BCUT2D eigenvalue weighted by Gasteiger charge is 2.33. The minimum absolute atomic E-state index is 0.145. The van der Waals surface area contributed by atoms with Crippen LogP contribution in [0.2, 0.25) is 0 Å². The van der Waals surface area contributed by atoms with Crippen LogP contribution in [0.15, 0.2) is 64.4 Å². The van der Waals surface area contributed by atoms with Crippen molar-refractivity contribution in [1.29, 1.82) is 0 Å². The minimum Gasteiger partial charge on any atom is -0.349 e. The summed E-state index contributed by atoms with van der Waals surface area (Å²) in [6, 6.07) is 14.5. The fraction of sp³-hybridized carbons (Fsp3) is 0.409. The van der Waals surface area contributed by atoms with Gasteiger partial charge >= 0.3 is 0 Å². The van der Waals surface area contributed by atoms with Gasteiger partial charge < -0.3 is 5.32 Å². The Labute approximate surface area is 184 Å². The first-order valence-electron chi connectivity index (χ1n) is 10.3. The lowest BCUT2D eigenvalue weighted by Gasteiger charge is -2.32. The maximum Gasteiger partial charge on any atom is 0.243 e. The summed E-state index contributed by atoms with van der Waals surface area (Å²) in [5, 5.41) is 3.01. The number of carbonyl (C=O) groups excluding carboxylic acids is 1. The highest BCUT2D eigenvalue weighted by atomic mass is 32.2. The monoisotopic (exact) mass is 464 g/mol. The third-order valence-corrected chi connectivity index (χ3v) is 8.58. The molecule has 1 saturated heterocycles. The summed E-state index contributed by atoms with van der Waals surface area (Å²) >= 11 is 0. The Balaban J connectivity index is 1.70. The van der Waals surface area contributed by atoms with E-state index in [1.807, 2.05) is 6.92 Å². The van der Waals surface area contributed by atoms with Gasteiger partial charge in [-0.05, 0) is 49.1 Å². The number of carbonyl (C=O) groups is 1. The number of piperidine rings is 1. The predicted molar refractivity (Wildman–Crippen MR) is 119 cm³/mol. The number of hydrogen-bond donors (Lipinski definition) is 1. The molecular weight excluding hydrogens is 436 g/mol. The van der Waals surface area contributed by atoms with Crippen molar-refractivity contribution in [2.45, 2.75) is 42.0 Å². The van der Waals surface area contributed by atoms with Crippen LogP contribution < -0.4 is 5.32 Å². The van der Waals surface area contributed by atoms with Crippen LogP contribution >= 0.6 is 0 Å². The summed E-state index contributed by atoms with van der Waals surface area (Å²) in [7, 11) is -6.92. The number of benzene rings is 2. The number of nitrogens with zero attached hydrogens (tertiary/aromatic N) is 1. The van der Waals surface area contributed by atoms with Gasteiger partial charge in [0.05, 0.1) is 21.8 Å². The lowest BCUT2D eigenvalue weighted by Crippen LogP contribution is -2.46. The van der Waals surface area contributed by atoms with E-state index in [1.54, 1.807) is 42.5 Å². The highest BCUT2D eigenvalue weighted by Crippen LogP contribution is 2.25. The molecule has 9 heteroatoms. The van der Waals surface area contributed by atoms with Crippen molar-refractivity contribution in [3.05, 3.63) is 60.2 Å². The first-order valence-corrected chi connectivity index (χ1v) is 13.6. The van der Waals surface area contributed by atoms with Crippen LogP contribution in [0.3, 0.4) is 0 Å². The first kappa shape index (κ1) is 23.4. The summed E-state index contributed by atoms with van der Waals surface area (Å²) in [6.07, 6.45) is 3.02. The van der Waals surface area contributed by atoms with E-state index >= 15 is 0 Å².